The molecular formula is C18H18O6. The van der Waals surface area contributed by atoms with Crippen LogP contribution in [0.5, 0.6) is 0 Å². The predicted molar refractivity (Wildman–Crippen MR) is 87.8 cm³/mol. The van der Waals surface area contributed by atoms with E-state index >= 15 is 0 Å². The Labute approximate surface area is 139 Å². The normalized spacial score (nSPS) is 11.6. The summed E-state index contributed by atoms with van der Waals surface area (Å²) in [6, 6.07) is 7.08. The zero-order chi connectivity index (χ0) is 17.9. The molecule has 0 N–H and O–H groups in total. The van der Waals surface area contributed by atoms with Crippen LogP contribution in [0.1, 0.15) is 25.0 Å². The molecule has 0 aromatic heterocycles. The van der Waals surface area contributed by atoms with Gasteiger partial charge in [-0.25, -0.2) is 9.59 Å². The first-order chi connectivity index (χ1) is 11.5. The van der Waals surface area contributed by atoms with Crippen molar-refractivity contribution in [2.45, 2.75) is 13.8 Å². The van der Waals surface area contributed by atoms with Gasteiger partial charge in [0.05, 0.1) is 0 Å². The number of carbonyl (C=O) groups excluding carboxylic acids is 4. The summed E-state index contributed by atoms with van der Waals surface area (Å²) in [5.74, 6) is -1.11. The largest absolute Gasteiger partial charge is 0.455 e. The van der Waals surface area contributed by atoms with E-state index in [0.717, 1.165) is 11.1 Å². The second-order valence-corrected chi connectivity index (χ2v) is 4.85. The lowest BCUT2D eigenvalue weighted by molar-refractivity contribution is -0.141. The van der Waals surface area contributed by atoms with E-state index in [1.54, 1.807) is 50.3 Å². The van der Waals surface area contributed by atoms with Gasteiger partial charge in [-0.15, -0.1) is 0 Å². The molecule has 0 radical (unpaired) electrons. The lowest BCUT2D eigenvalue weighted by Crippen LogP contribution is -2.07. The molecule has 0 heterocycles. The molecular weight excluding hydrogens is 312 g/mol. The van der Waals surface area contributed by atoms with E-state index in [-0.39, 0.29) is 13.2 Å². The molecule has 24 heavy (non-hydrogen) atoms. The van der Waals surface area contributed by atoms with Gasteiger partial charge in [0.15, 0.2) is 12.6 Å². The van der Waals surface area contributed by atoms with Crippen molar-refractivity contribution in [2.75, 3.05) is 13.2 Å². The summed E-state index contributed by atoms with van der Waals surface area (Å²) in [6.45, 7) is 2.64. The lowest BCUT2D eigenvalue weighted by Gasteiger charge is -2.03. The fourth-order valence-corrected chi connectivity index (χ4v) is 1.75. The third-order valence-electron chi connectivity index (χ3n) is 2.91. The van der Waals surface area contributed by atoms with Crippen LogP contribution in [0.4, 0.5) is 0 Å². The molecule has 0 aliphatic rings. The van der Waals surface area contributed by atoms with Crippen molar-refractivity contribution in [1.82, 2.24) is 0 Å². The first kappa shape index (κ1) is 19.0. The molecule has 0 saturated heterocycles. The second kappa shape index (κ2) is 9.89. The standard InChI is InChI=1S/C18H18O6/c1-13(17(21)23-9-7-19)11-15-3-5-16(6-4-15)12-14(2)18(22)24-10-8-20/h3-8,11-12H,9-10H2,1-2H3. The van der Waals surface area contributed by atoms with Crippen molar-refractivity contribution in [1.29, 1.82) is 0 Å². The Morgan fingerprint density at radius 3 is 1.42 bits per heavy atom. The molecule has 0 aliphatic heterocycles. The van der Waals surface area contributed by atoms with Crippen molar-refractivity contribution < 1.29 is 28.7 Å². The van der Waals surface area contributed by atoms with Crippen LogP contribution in [0, 0.1) is 0 Å². The third kappa shape index (κ3) is 6.39. The van der Waals surface area contributed by atoms with Crippen molar-refractivity contribution in [2.24, 2.45) is 0 Å². The Balaban J connectivity index is 2.78. The van der Waals surface area contributed by atoms with Gasteiger partial charge in [-0.3, -0.25) is 9.59 Å². The van der Waals surface area contributed by atoms with Crippen molar-refractivity contribution in [3.8, 4) is 0 Å². The summed E-state index contributed by atoms with van der Waals surface area (Å²) in [4.78, 5) is 43.4. The zero-order valence-electron chi connectivity index (χ0n) is 13.5. The molecule has 0 saturated carbocycles. The van der Waals surface area contributed by atoms with E-state index < -0.39 is 11.9 Å². The molecule has 0 bridgehead atoms. The fourth-order valence-electron chi connectivity index (χ4n) is 1.75. The third-order valence-corrected chi connectivity index (χ3v) is 2.91. The summed E-state index contributed by atoms with van der Waals surface area (Å²) >= 11 is 0. The van der Waals surface area contributed by atoms with Gasteiger partial charge in [-0.05, 0) is 37.1 Å². The topological polar surface area (TPSA) is 86.7 Å². The van der Waals surface area contributed by atoms with Gasteiger partial charge in [0.1, 0.15) is 13.2 Å². The van der Waals surface area contributed by atoms with E-state index in [2.05, 4.69) is 0 Å². The van der Waals surface area contributed by atoms with E-state index in [0.29, 0.717) is 23.7 Å². The van der Waals surface area contributed by atoms with Gasteiger partial charge in [0.2, 0.25) is 0 Å². The fraction of sp³-hybridized carbons (Fsp3) is 0.222. The van der Waals surface area contributed by atoms with Gasteiger partial charge in [0, 0.05) is 11.1 Å². The molecule has 0 aliphatic carbocycles. The molecule has 126 valence electrons. The van der Waals surface area contributed by atoms with Gasteiger partial charge in [0.25, 0.3) is 0 Å². The highest BCUT2D eigenvalue weighted by Crippen LogP contribution is 2.13. The highest BCUT2D eigenvalue weighted by molar-refractivity contribution is 5.94. The number of hydrogen-bond donors (Lipinski definition) is 0. The molecule has 6 heteroatoms. The number of benzene rings is 1. The number of esters is 2. The predicted octanol–water partition coefficient (Wildman–Crippen LogP) is 1.98. The highest BCUT2D eigenvalue weighted by atomic mass is 16.5. The Bertz CT molecular complexity index is 608. The summed E-state index contributed by atoms with van der Waals surface area (Å²) < 4.78 is 9.40. The zero-order valence-corrected chi connectivity index (χ0v) is 13.5. The van der Waals surface area contributed by atoms with Gasteiger partial charge >= 0.3 is 11.9 Å². The van der Waals surface area contributed by atoms with E-state index in [1.165, 1.54) is 0 Å². The van der Waals surface area contributed by atoms with Crippen LogP contribution in [0.3, 0.4) is 0 Å². The van der Waals surface area contributed by atoms with Crippen LogP contribution >= 0.6 is 0 Å². The van der Waals surface area contributed by atoms with Crippen molar-refractivity contribution in [3.05, 3.63) is 46.5 Å². The minimum absolute atomic E-state index is 0.271. The molecule has 0 spiro atoms. The molecule has 0 amide bonds. The minimum atomic E-state index is -0.556. The lowest BCUT2D eigenvalue weighted by atomic mass is 10.1. The molecule has 0 atom stereocenters. The molecule has 0 unspecified atom stereocenters. The van der Waals surface area contributed by atoms with E-state index in [9.17, 15) is 19.2 Å². The first-order valence-electron chi connectivity index (χ1n) is 7.16. The van der Waals surface area contributed by atoms with Crippen molar-refractivity contribution in [3.63, 3.8) is 0 Å². The van der Waals surface area contributed by atoms with Crippen molar-refractivity contribution >= 4 is 36.7 Å². The number of aldehydes is 2. The van der Waals surface area contributed by atoms with Crippen LogP contribution in [-0.4, -0.2) is 37.7 Å². The summed E-state index contributed by atoms with van der Waals surface area (Å²) in [5, 5.41) is 0. The Kier molecular flexibility index (Phi) is 7.84. The van der Waals surface area contributed by atoms with Crippen LogP contribution in [0.15, 0.2) is 35.4 Å². The monoisotopic (exact) mass is 330 g/mol. The average molecular weight is 330 g/mol. The van der Waals surface area contributed by atoms with E-state index in [4.69, 9.17) is 9.47 Å². The molecule has 1 rings (SSSR count). The number of hydrogen-bond acceptors (Lipinski definition) is 6. The van der Waals surface area contributed by atoms with Gasteiger partial charge in [-0.2, -0.15) is 0 Å². The number of rotatable bonds is 8. The Morgan fingerprint density at radius 2 is 1.12 bits per heavy atom. The molecule has 6 nitrogen and oxygen atoms in total. The smallest absolute Gasteiger partial charge is 0.334 e. The molecule has 1 aromatic carbocycles. The summed E-state index contributed by atoms with van der Waals surface area (Å²) in [7, 11) is 0. The summed E-state index contributed by atoms with van der Waals surface area (Å²) in [5.41, 5.74) is 2.28. The van der Waals surface area contributed by atoms with Crippen LogP contribution < -0.4 is 0 Å². The maximum atomic E-state index is 11.5. The van der Waals surface area contributed by atoms with Crippen LogP contribution in [0.25, 0.3) is 12.2 Å². The Hall–Kier alpha value is -3.02. The van der Waals surface area contributed by atoms with Gasteiger partial charge in [-0.1, -0.05) is 24.3 Å². The highest BCUT2D eigenvalue weighted by Gasteiger charge is 2.06. The minimum Gasteiger partial charge on any atom is -0.455 e. The quantitative estimate of drug-likeness (QED) is 0.411. The van der Waals surface area contributed by atoms with Crippen LogP contribution in [0.2, 0.25) is 0 Å². The molecule has 0 fully saturated rings. The SMILES string of the molecule is CC(=Cc1ccc(C=C(C)C(=O)OCC=O)cc1)C(=O)OCC=O. The maximum absolute atomic E-state index is 11.5. The number of carbonyl (C=O) groups is 4. The maximum Gasteiger partial charge on any atom is 0.334 e. The van der Waals surface area contributed by atoms with E-state index in [1.807, 2.05) is 0 Å². The number of ether oxygens (including phenoxy) is 2. The Morgan fingerprint density at radius 1 is 0.792 bits per heavy atom. The first-order valence-corrected chi connectivity index (χ1v) is 7.16. The second-order valence-electron chi connectivity index (χ2n) is 4.85. The van der Waals surface area contributed by atoms with Gasteiger partial charge < -0.3 is 9.47 Å². The average Bonchev–Trinajstić information content (AvgIpc) is 2.58. The van der Waals surface area contributed by atoms with Crippen LogP contribution in [-0.2, 0) is 28.7 Å². The summed E-state index contributed by atoms with van der Waals surface area (Å²) in [6.07, 6.45) is 4.28. The molecule has 1 aromatic rings.